The molecule has 0 unspecified atom stereocenters. The third-order valence-electron chi connectivity index (χ3n) is 3.78. The van der Waals surface area contributed by atoms with Crippen molar-refractivity contribution in [2.75, 3.05) is 10.6 Å². The second kappa shape index (κ2) is 8.60. The Hall–Kier alpha value is -3.94. The van der Waals surface area contributed by atoms with Gasteiger partial charge < -0.3 is 15.2 Å². The molecular weight excluding hydrogens is 384 g/mol. The monoisotopic (exact) mass is 406 g/mol. The SMILES string of the molecule is CC(C)(C)OC(=O)Nc1cccc(C(=O)Nc2cnc(-c3cccc(O)c3)nc2)c1. The van der Waals surface area contributed by atoms with E-state index in [-0.39, 0.29) is 11.7 Å². The van der Waals surface area contributed by atoms with E-state index in [4.69, 9.17) is 4.74 Å². The molecule has 0 aliphatic carbocycles. The quantitative estimate of drug-likeness (QED) is 0.590. The van der Waals surface area contributed by atoms with Gasteiger partial charge in [0.2, 0.25) is 0 Å². The standard InChI is InChI=1S/C22H22N4O4/c1-22(2,3)30-21(29)26-16-8-4-7-15(10-16)20(28)25-17-12-23-19(24-13-17)14-6-5-9-18(27)11-14/h4-13,27H,1-3H3,(H,25,28)(H,26,29). The van der Waals surface area contributed by atoms with Crippen molar-refractivity contribution in [3.63, 3.8) is 0 Å². The first-order chi connectivity index (χ1) is 14.2. The number of ether oxygens (including phenoxy) is 1. The molecule has 0 saturated heterocycles. The number of aromatic hydroxyl groups is 1. The van der Waals surface area contributed by atoms with E-state index in [2.05, 4.69) is 20.6 Å². The lowest BCUT2D eigenvalue weighted by atomic mass is 10.2. The number of phenols is 1. The van der Waals surface area contributed by atoms with Gasteiger partial charge in [0.05, 0.1) is 18.1 Å². The number of anilines is 2. The molecule has 2 aromatic carbocycles. The molecule has 0 saturated carbocycles. The number of benzene rings is 2. The van der Waals surface area contributed by atoms with Gasteiger partial charge in [-0.25, -0.2) is 14.8 Å². The Morgan fingerprint density at radius 2 is 1.63 bits per heavy atom. The summed E-state index contributed by atoms with van der Waals surface area (Å²) >= 11 is 0. The molecule has 8 nitrogen and oxygen atoms in total. The average Bonchev–Trinajstić information content (AvgIpc) is 2.67. The summed E-state index contributed by atoms with van der Waals surface area (Å²) in [5, 5.41) is 14.9. The Morgan fingerprint density at radius 3 is 2.30 bits per heavy atom. The molecule has 1 heterocycles. The third-order valence-corrected chi connectivity index (χ3v) is 3.78. The van der Waals surface area contributed by atoms with Crippen LogP contribution in [0.15, 0.2) is 60.9 Å². The van der Waals surface area contributed by atoms with Crippen molar-refractivity contribution in [3.05, 3.63) is 66.5 Å². The number of aromatic nitrogens is 2. The van der Waals surface area contributed by atoms with Crippen molar-refractivity contribution >= 4 is 23.4 Å². The zero-order valence-corrected chi connectivity index (χ0v) is 16.8. The van der Waals surface area contributed by atoms with Crippen LogP contribution in [0.4, 0.5) is 16.2 Å². The Bertz CT molecular complexity index is 1060. The lowest BCUT2D eigenvalue weighted by Gasteiger charge is -2.19. The zero-order chi connectivity index (χ0) is 21.7. The first kappa shape index (κ1) is 20.8. The van der Waals surface area contributed by atoms with Crippen LogP contribution in [0.1, 0.15) is 31.1 Å². The summed E-state index contributed by atoms with van der Waals surface area (Å²) in [6, 6.07) is 13.1. The molecule has 3 N–H and O–H groups in total. The van der Waals surface area contributed by atoms with Crippen molar-refractivity contribution in [1.82, 2.24) is 9.97 Å². The molecule has 0 aliphatic rings. The summed E-state index contributed by atoms with van der Waals surface area (Å²) < 4.78 is 5.21. The minimum absolute atomic E-state index is 0.119. The zero-order valence-electron chi connectivity index (χ0n) is 16.8. The summed E-state index contributed by atoms with van der Waals surface area (Å²) in [6.45, 7) is 5.30. The number of hydrogen-bond donors (Lipinski definition) is 3. The molecular formula is C22H22N4O4. The number of rotatable bonds is 4. The van der Waals surface area contributed by atoms with Crippen molar-refractivity contribution in [1.29, 1.82) is 0 Å². The second-order valence-corrected chi connectivity index (χ2v) is 7.51. The summed E-state index contributed by atoms with van der Waals surface area (Å²) in [7, 11) is 0. The van der Waals surface area contributed by atoms with Gasteiger partial charge in [0.15, 0.2) is 5.82 Å². The molecule has 0 spiro atoms. The molecule has 0 atom stereocenters. The van der Waals surface area contributed by atoms with Gasteiger partial charge >= 0.3 is 6.09 Å². The molecule has 8 heteroatoms. The number of phenolic OH excluding ortho intramolecular Hbond substituents is 1. The Balaban J connectivity index is 1.66. The number of nitrogens with one attached hydrogen (secondary N) is 2. The van der Waals surface area contributed by atoms with E-state index >= 15 is 0 Å². The molecule has 30 heavy (non-hydrogen) atoms. The fourth-order valence-corrected chi connectivity index (χ4v) is 2.55. The maximum absolute atomic E-state index is 12.5. The average molecular weight is 406 g/mol. The van der Waals surface area contributed by atoms with Gasteiger partial charge in [0.1, 0.15) is 11.4 Å². The van der Waals surface area contributed by atoms with Crippen molar-refractivity contribution < 1.29 is 19.4 Å². The number of nitrogens with zero attached hydrogens (tertiary/aromatic N) is 2. The summed E-state index contributed by atoms with van der Waals surface area (Å²) in [5.74, 6) is 0.164. The first-order valence-corrected chi connectivity index (χ1v) is 9.22. The largest absolute Gasteiger partial charge is 0.508 e. The van der Waals surface area contributed by atoms with Crippen LogP contribution in [0.25, 0.3) is 11.4 Å². The predicted molar refractivity (Wildman–Crippen MR) is 113 cm³/mol. The van der Waals surface area contributed by atoms with Gasteiger partial charge in [-0.05, 0) is 51.1 Å². The molecule has 1 aromatic heterocycles. The molecule has 0 aliphatic heterocycles. The van der Waals surface area contributed by atoms with Crippen LogP contribution in [0, 0.1) is 0 Å². The van der Waals surface area contributed by atoms with Gasteiger partial charge in [-0.15, -0.1) is 0 Å². The highest BCUT2D eigenvalue weighted by Gasteiger charge is 2.16. The fraction of sp³-hybridized carbons (Fsp3) is 0.182. The highest BCUT2D eigenvalue weighted by atomic mass is 16.6. The van der Waals surface area contributed by atoms with Crippen LogP contribution in [-0.2, 0) is 4.74 Å². The normalized spacial score (nSPS) is 10.9. The lowest BCUT2D eigenvalue weighted by Crippen LogP contribution is -2.27. The van der Waals surface area contributed by atoms with Crippen LogP contribution in [0.2, 0.25) is 0 Å². The van der Waals surface area contributed by atoms with E-state index in [0.717, 1.165) is 0 Å². The molecule has 0 radical (unpaired) electrons. The summed E-state index contributed by atoms with van der Waals surface area (Å²) in [5.41, 5.74) is 1.24. The summed E-state index contributed by atoms with van der Waals surface area (Å²) in [6.07, 6.45) is 2.36. The number of carbonyl (C=O) groups is 2. The maximum Gasteiger partial charge on any atom is 0.412 e. The van der Waals surface area contributed by atoms with E-state index in [1.807, 2.05) is 0 Å². The maximum atomic E-state index is 12.5. The Morgan fingerprint density at radius 1 is 0.933 bits per heavy atom. The minimum atomic E-state index is -0.621. The highest BCUT2D eigenvalue weighted by molar-refractivity contribution is 6.05. The van der Waals surface area contributed by atoms with Crippen LogP contribution >= 0.6 is 0 Å². The van der Waals surface area contributed by atoms with Crippen LogP contribution < -0.4 is 10.6 Å². The van der Waals surface area contributed by atoms with Gasteiger partial charge in [-0.1, -0.05) is 18.2 Å². The molecule has 154 valence electrons. The molecule has 2 amide bonds. The van der Waals surface area contributed by atoms with Crippen LogP contribution in [0.5, 0.6) is 5.75 Å². The second-order valence-electron chi connectivity index (χ2n) is 7.51. The molecule has 0 bridgehead atoms. The van der Waals surface area contributed by atoms with Crippen molar-refractivity contribution in [2.24, 2.45) is 0 Å². The van der Waals surface area contributed by atoms with E-state index in [1.54, 1.807) is 69.3 Å². The molecule has 3 aromatic rings. The summed E-state index contributed by atoms with van der Waals surface area (Å²) in [4.78, 5) is 32.9. The first-order valence-electron chi connectivity index (χ1n) is 9.22. The van der Waals surface area contributed by atoms with Crippen LogP contribution in [0.3, 0.4) is 0 Å². The van der Waals surface area contributed by atoms with Gasteiger partial charge in [-0.3, -0.25) is 10.1 Å². The Kier molecular flexibility index (Phi) is 5.96. The van der Waals surface area contributed by atoms with Gasteiger partial charge in [-0.2, -0.15) is 0 Å². The van der Waals surface area contributed by atoms with E-state index in [9.17, 15) is 14.7 Å². The van der Waals surface area contributed by atoms with E-state index in [1.165, 1.54) is 12.4 Å². The fourth-order valence-electron chi connectivity index (χ4n) is 2.55. The molecule has 3 rings (SSSR count). The predicted octanol–water partition coefficient (Wildman–Crippen LogP) is 4.45. The number of carbonyl (C=O) groups excluding carboxylic acids is 2. The number of hydrogen-bond acceptors (Lipinski definition) is 6. The topological polar surface area (TPSA) is 113 Å². The minimum Gasteiger partial charge on any atom is -0.508 e. The lowest BCUT2D eigenvalue weighted by molar-refractivity contribution is 0.0635. The highest BCUT2D eigenvalue weighted by Crippen LogP contribution is 2.20. The molecule has 0 fully saturated rings. The van der Waals surface area contributed by atoms with Gasteiger partial charge in [0.25, 0.3) is 5.91 Å². The van der Waals surface area contributed by atoms with E-state index in [0.29, 0.717) is 28.3 Å². The van der Waals surface area contributed by atoms with Crippen molar-refractivity contribution in [2.45, 2.75) is 26.4 Å². The smallest absolute Gasteiger partial charge is 0.412 e. The van der Waals surface area contributed by atoms with Gasteiger partial charge in [0, 0.05) is 16.8 Å². The third kappa shape index (κ3) is 5.78. The van der Waals surface area contributed by atoms with Crippen molar-refractivity contribution in [3.8, 4) is 17.1 Å². The van der Waals surface area contributed by atoms with E-state index < -0.39 is 11.7 Å². The Labute approximate surface area is 174 Å². The number of amides is 2. The van der Waals surface area contributed by atoms with Crippen LogP contribution in [-0.4, -0.2) is 32.7 Å².